The largest absolute Gasteiger partial charge is 0.460 e. The van der Waals surface area contributed by atoms with Crippen LogP contribution in [0.2, 0.25) is 0 Å². The molecule has 37 heavy (non-hydrogen) atoms. The van der Waals surface area contributed by atoms with Crippen molar-refractivity contribution in [2.45, 2.75) is 53.9 Å². The molecule has 0 bridgehead atoms. The lowest BCUT2D eigenvalue weighted by molar-refractivity contribution is -0.458. The molecule has 0 aliphatic rings. The Labute approximate surface area is 192 Å². The molecule has 0 atom stereocenters. The number of anilines is 1. The van der Waals surface area contributed by atoms with E-state index in [0.717, 1.165) is 0 Å². The van der Waals surface area contributed by atoms with E-state index in [1.54, 1.807) is 0 Å². The van der Waals surface area contributed by atoms with Crippen LogP contribution in [0.4, 0.5) is 80.6 Å². The van der Waals surface area contributed by atoms with Crippen LogP contribution >= 0.6 is 0 Å². The minimum absolute atomic E-state index is 0.295. The molecule has 1 aromatic rings. The molecule has 1 rings (SSSR count). The van der Waals surface area contributed by atoms with E-state index in [1.807, 2.05) is 0 Å². The van der Waals surface area contributed by atoms with Gasteiger partial charge in [0.1, 0.15) is 12.7 Å². The fourth-order valence-corrected chi connectivity index (χ4v) is 3.61. The first-order valence-electron chi connectivity index (χ1n) is 8.41. The topological polar surface area (TPSA) is 76.1 Å². The molecule has 0 unspecified atom stereocenters. The molecule has 216 valence electrons. The van der Waals surface area contributed by atoms with Gasteiger partial charge < -0.3 is 0 Å². The van der Waals surface area contributed by atoms with Crippen LogP contribution in [0, 0.1) is 0 Å². The highest BCUT2D eigenvalue weighted by molar-refractivity contribution is 7.93. The summed E-state index contributed by atoms with van der Waals surface area (Å²) in [5.41, 5.74) is 0. The Morgan fingerprint density at radius 1 is 0.622 bits per heavy atom. The van der Waals surface area contributed by atoms with Crippen molar-refractivity contribution in [1.82, 2.24) is 15.0 Å². The molecule has 0 aliphatic carbocycles. The second-order valence-corrected chi connectivity index (χ2v) is 8.47. The van der Waals surface area contributed by atoms with Crippen molar-refractivity contribution in [2.24, 2.45) is 0 Å². The summed E-state index contributed by atoms with van der Waals surface area (Å²) in [5.74, 6) is -53.5. The molecule has 1 aromatic heterocycles. The normalized spacial score (nSPS) is 15.6. The van der Waals surface area contributed by atoms with Gasteiger partial charge in [-0.3, -0.25) is 0 Å². The zero-order valence-electron chi connectivity index (χ0n) is 16.8. The van der Waals surface area contributed by atoms with E-state index in [0.29, 0.717) is 19.6 Å². The maximum atomic E-state index is 14.2. The molecule has 6 nitrogen and oxygen atoms in total. The molecule has 0 saturated heterocycles. The molecule has 24 heteroatoms. The first-order valence-corrected chi connectivity index (χ1v) is 9.85. The molecule has 0 fully saturated rings. The summed E-state index contributed by atoms with van der Waals surface area (Å²) >= 11 is 0. The van der Waals surface area contributed by atoms with Crippen molar-refractivity contribution in [3.8, 4) is 0 Å². The van der Waals surface area contributed by atoms with Gasteiger partial charge in [0.25, 0.3) is 0 Å². The SMILES string of the molecule is CCN(c1ncncn1)S(=O)(=O)C(F)(F)C(F)(F)C(F)(F)C(F)(F)C(F)(F)C(F)(F)C(F)(F)C(F)(F)F. The Kier molecular flexibility index (Phi) is 7.76. The van der Waals surface area contributed by atoms with Gasteiger partial charge in [-0.05, 0) is 6.92 Å². The molecule has 0 aromatic carbocycles. The van der Waals surface area contributed by atoms with Crippen molar-refractivity contribution in [2.75, 3.05) is 10.8 Å². The van der Waals surface area contributed by atoms with Crippen molar-refractivity contribution in [3.63, 3.8) is 0 Å². The van der Waals surface area contributed by atoms with E-state index >= 15 is 0 Å². The van der Waals surface area contributed by atoms with E-state index in [2.05, 4.69) is 15.0 Å². The van der Waals surface area contributed by atoms with Crippen LogP contribution in [0.25, 0.3) is 0 Å². The van der Waals surface area contributed by atoms with Crippen molar-refractivity contribution in [3.05, 3.63) is 12.7 Å². The van der Waals surface area contributed by atoms with Crippen LogP contribution < -0.4 is 4.31 Å². The van der Waals surface area contributed by atoms with Crippen LogP contribution in [-0.4, -0.2) is 76.9 Å². The molecule has 0 radical (unpaired) electrons. The molecular weight excluding hydrogens is 599 g/mol. The Morgan fingerprint density at radius 3 is 1.27 bits per heavy atom. The first-order chi connectivity index (χ1) is 16.1. The summed E-state index contributed by atoms with van der Waals surface area (Å²) in [5, 5.41) is -7.69. The number of aromatic nitrogens is 3. The zero-order chi connectivity index (χ0) is 29.9. The van der Waals surface area contributed by atoms with Gasteiger partial charge in [-0.1, -0.05) is 0 Å². The summed E-state index contributed by atoms with van der Waals surface area (Å²) in [4.78, 5) is 8.71. The van der Waals surface area contributed by atoms with Crippen LogP contribution in [0.3, 0.4) is 0 Å². The Bertz CT molecular complexity index is 1070. The maximum absolute atomic E-state index is 14.2. The fraction of sp³-hybridized carbons (Fsp3) is 0.769. The second-order valence-electron chi connectivity index (χ2n) is 6.57. The predicted molar refractivity (Wildman–Crippen MR) is 82.5 cm³/mol. The van der Waals surface area contributed by atoms with Gasteiger partial charge in [-0.15, -0.1) is 0 Å². The summed E-state index contributed by atoms with van der Waals surface area (Å²) in [6.07, 6.45) is -7.31. The van der Waals surface area contributed by atoms with E-state index in [9.17, 15) is 83.1 Å². The third-order valence-electron chi connectivity index (χ3n) is 4.30. The fourth-order valence-electron chi connectivity index (χ4n) is 2.23. The first kappa shape index (κ1) is 32.6. The lowest BCUT2D eigenvalue weighted by Gasteiger charge is -2.42. The summed E-state index contributed by atoms with van der Waals surface area (Å²) < 4.78 is 249. The highest BCUT2D eigenvalue weighted by atomic mass is 32.2. The third-order valence-corrected chi connectivity index (χ3v) is 6.20. The van der Waals surface area contributed by atoms with Crippen LogP contribution in [-0.2, 0) is 10.0 Å². The van der Waals surface area contributed by atoms with Gasteiger partial charge in [-0.2, -0.15) is 83.1 Å². The van der Waals surface area contributed by atoms with E-state index < -0.39 is 73.8 Å². The van der Waals surface area contributed by atoms with Crippen LogP contribution in [0.1, 0.15) is 6.92 Å². The highest BCUT2D eigenvalue weighted by Gasteiger charge is 2.96. The average Bonchev–Trinajstić information content (AvgIpc) is 2.73. The van der Waals surface area contributed by atoms with Gasteiger partial charge in [0, 0.05) is 6.54 Å². The number of nitrogens with zero attached hydrogens (tertiary/aromatic N) is 4. The quantitative estimate of drug-likeness (QED) is 0.351. The van der Waals surface area contributed by atoms with Crippen molar-refractivity contribution >= 4 is 16.0 Å². The van der Waals surface area contributed by atoms with Gasteiger partial charge in [0.15, 0.2) is 0 Å². The van der Waals surface area contributed by atoms with E-state index in [-0.39, 0.29) is 0 Å². The smallest absolute Gasteiger partial charge is 0.233 e. The summed E-state index contributed by atoms with van der Waals surface area (Å²) in [6, 6.07) is 0. The lowest BCUT2D eigenvalue weighted by atomic mass is 9.91. The number of alkyl halides is 17. The highest BCUT2D eigenvalue weighted by Crippen LogP contribution is 2.64. The minimum atomic E-state index is -8.90. The molecule has 0 saturated carbocycles. The van der Waals surface area contributed by atoms with Crippen LogP contribution in [0.15, 0.2) is 12.7 Å². The number of sulfonamides is 1. The standard InChI is InChI=1S/C13H7F17N4O2S/c1-2-34(5-32-3-31-4-33-5)37(35,36)13(29,30)11(24,25)9(20,21)7(16,17)6(14,15)8(18,19)10(22,23)12(26,27)28/h3-4H,2H2,1H3. The molecule has 0 amide bonds. The number of halogens is 17. The molecule has 1 heterocycles. The Hall–Kier alpha value is -2.43. The van der Waals surface area contributed by atoms with E-state index in [4.69, 9.17) is 0 Å². The molecule has 0 aliphatic heterocycles. The number of hydrogen-bond acceptors (Lipinski definition) is 5. The second kappa shape index (κ2) is 8.81. The van der Waals surface area contributed by atoms with Gasteiger partial charge in [0.2, 0.25) is 5.95 Å². The van der Waals surface area contributed by atoms with E-state index in [1.165, 1.54) is 0 Å². The van der Waals surface area contributed by atoms with Crippen LogP contribution in [0.5, 0.6) is 0 Å². The van der Waals surface area contributed by atoms with Gasteiger partial charge in [0.05, 0.1) is 0 Å². The zero-order valence-corrected chi connectivity index (χ0v) is 17.6. The number of hydrogen-bond donors (Lipinski definition) is 0. The van der Waals surface area contributed by atoms with Crippen molar-refractivity contribution in [1.29, 1.82) is 0 Å². The van der Waals surface area contributed by atoms with Gasteiger partial charge >= 0.3 is 57.0 Å². The summed E-state index contributed by atoms with van der Waals surface area (Å²) in [6.45, 7) is -0.998. The Morgan fingerprint density at radius 2 is 0.946 bits per heavy atom. The lowest BCUT2D eigenvalue weighted by Crippen LogP contribution is -2.75. The predicted octanol–water partition coefficient (Wildman–Crippen LogP) is 4.99. The maximum Gasteiger partial charge on any atom is 0.460 e. The summed E-state index contributed by atoms with van der Waals surface area (Å²) in [7, 11) is -7.51. The monoisotopic (exact) mass is 606 g/mol. The third kappa shape index (κ3) is 4.17. The Balaban J connectivity index is 3.81. The average molecular weight is 606 g/mol. The molecule has 0 spiro atoms. The number of rotatable bonds is 10. The van der Waals surface area contributed by atoms with Crippen molar-refractivity contribution < 1.29 is 83.1 Å². The molecular formula is C13H7F17N4O2S. The molecule has 0 N–H and O–H groups in total. The minimum Gasteiger partial charge on any atom is -0.233 e. The van der Waals surface area contributed by atoms with Gasteiger partial charge in [-0.25, -0.2) is 19.3 Å².